The van der Waals surface area contributed by atoms with Gasteiger partial charge < -0.3 is 20.2 Å². The predicted octanol–water partition coefficient (Wildman–Crippen LogP) is 3.94. The predicted molar refractivity (Wildman–Crippen MR) is 134 cm³/mol. The molecule has 0 atom stereocenters. The van der Waals surface area contributed by atoms with Crippen molar-refractivity contribution in [1.82, 2.24) is 19.8 Å². The molecule has 2 aromatic heterocycles. The Morgan fingerprint density at radius 3 is 2.41 bits per heavy atom. The molecule has 0 unspecified atom stereocenters. The Morgan fingerprint density at radius 2 is 1.88 bits per heavy atom. The van der Waals surface area contributed by atoms with Crippen LogP contribution < -0.4 is 5.32 Å². The smallest absolute Gasteiger partial charge is 0.283 e. The summed E-state index contributed by atoms with van der Waals surface area (Å²) in [7, 11) is 1.65. The van der Waals surface area contributed by atoms with Gasteiger partial charge in [-0.3, -0.25) is 9.59 Å². The number of hydrogen-bond acceptors (Lipinski definition) is 7. The van der Waals surface area contributed by atoms with Gasteiger partial charge in [-0.15, -0.1) is 11.3 Å². The standard InChI is InChI=1S/C25H35N5O3S/c1-14(2)27-19-11-15(3)18(12-26-19)21-20(23(32)30-16-7-8-17(30)10-9-16)28-22(34-21)24(33)29(6)25(4,5)13-31/h11-12,14,16-17,31H,7-10,13H2,1-6H3,(H,26,27). The van der Waals surface area contributed by atoms with E-state index >= 15 is 0 Å². The van der Waals surface area contributed by atoms with Crippen LogP contribution in [0.2, 0.25) is 0 Å². The van der Waals surface area contributed by atoms with Gasteiger partial charge in [-0.2, -0.15) is 0 Å². The second-order valence-corrected chi connectivity index (χ2v) is 11.4. The third-order valence-electron chi connectivity index (χ3n) is 7.09. The number of aryl methyl sites for hydroxylation is 1. The average molecular weight is 486 g/mol. The number of carbonyl (C=O) groups excluding carboxylic acids is 2. The van der Waals surface area contributed by atoms with E-state index < -0.39 is 5.54 Å². The number of carbonyl (C=O) groups is 2. The molecular weight excluding hydrogens is 450 g/mol. The van der Waals surface area contributed by atoms with Crippen LogP contribution in [-0.4, -0.2) is 74.0 Å². The van der Waals surface area contributed by atoms with Crippen molar-refractivity contribution in [3.05, 3.63) is 28.5 Å². The molecule has 2 N–H and O–H groups in total. The number of rotatable bonds is 7. The van der Waals surface area contributed by atoms with Gasteiger partial charge in [0.1, 0.15) is 11.5 Å². The Hall–Kier alpha value is -2.52. The zero-order chi connectivity index (χ0) is 24.8. The topological polar surface area (TPSA) is 98.7 Å². The van der Waals surface area contributed by atoms with Crippen molar-refractivity contribution in [3.63, 3.8) is 0 Å². The number of thiazole rings is 1. The Kier molecular flexibility index (Phi) is 6.70. The van der Waals surface area contributed by atoms with Crippen molar-refractivity contribution in [2.45, 2.75) is 84.0 Å². The van der Waals surface area contributed by atoms with Crippen molar-refractivity contribution in [1.29, 1.82) is 0 Å². The van der Waals surface area contributed by atoms with Gasteiger partial charge in [0.25, 0.3) is 11.8 Å². The highest BCUT2D eigenvalue weighted by Crippen LogP contribution is 2.41. The normalized spacial score (nSPS) is 19.7. The number of anilines is 1. The number of likely N-dealkylation sites (N-methyl/N-ethyl adjacent to an activating group) is 1. The van der Waals surface area contributed by atoms with E-state index in [1.165, 1.54) is 16.2 Å². The molecule has 2 aliphatic rings. The van der Waals surface area contributed by atoms with Gasteiger partial charge in [-0.1, -0.05) is 0 Å². The maximum Gasteiger partial charge on any atom is 0.283 e. The van der Waals surface area contributed by atoms with E-state index in [0.29, 0.717) is 10.6 Å². The number of aliphatic hydroxyl groups excluding tert-OH is 1. The Bertz CT molecular complexity index is 1080. The van der Waals surface area contributed by atoms with Crippen molar-refractivity contribution in [3.8, 4) is 10.4 Å². The van der Waals surface area contributed by atoms with E-state index in [1.54, 1.807) is 27.1 Å². The highest BCUT2D eigenvalue weighted by molar-refractivity contribution is 7.17. The van der Waals surface area contributed by atoms with Crippen LogP contribution in [0.25, 0.3) is 10.4 Å². The quantitative estimate of drug-likeness (QED) is 0.616. The summed E-state index contributed by atoms with van der Waals surface area (Å²) in [6, 6.07) is 2.74. The highest BCUT2D eigenvalue weighted by atomic mass is 32.1. The summed E-state index contributed by atoms with van der Waals surface area (Å²) >= 11 is 1.23. The molecule has 2 saturated heterocycles. The first-order valence-electron chi connectivity index (χ1n) is 12.0. The summed E-state index contributed by atoms with van der Waals surface area (Å²) in [5, 5.41) is 13.3. The molecule has 0 aliphatic carbocycles. The molecule has 2 aliphatic heterocycles. The van der Waals surface area contributed by atoms with Crippen LogP contribution in [-0.2, 0) is 0 Å². The molecule has 0 spiro atoms. The number of aliphatic hydroxyl groups is 1. The molecule has 0 saturated carbocycles. The number of hydrogen-bond donors (Lipinski definition) is 2. The molecule has 0 radical (unpaired) electrons. The molecule has 34 heavy (non-hydrogen) atoms. The second-order valence-electron chi connectivity index (χ2n) is 10.4. The fraction of sp³-hybridized carbons (Fsp3) is 0.600. The fourth-order valence-corrected chi connectivity index (χ4v) is 5.91. The second kappa shape index (κ2) is 9.26. The molecule has 0 aromatic carbocycles. The minimum absolute atomic E-state index is 0.0943. The fourth-order valence-electron chi connectivity index (χ4n) is 4.80. The van der Waals surface area contributed by atoms with Crippen LogP contribution in [0.4, 0.5) is 5.82 Å². The third-order valence-corrected chi connectivity index (χ3v) is 8.17. The zero-order valence-electron chi connectivity index (χ0n) is 20.9. The van der Waals surface area contributed by atoms with E-state index in [-0.39, 0.29) is 41.6 Å². The van der Waals surface area contributed by atoms with Crippen molar-refractivity contribution in [2.75, 3.05) is 19.0 Å². The number of nitrogens with one attached hydrogen (secondary N) is 1. The Labute approximate surface area is 205 Å². The van der Waals surface area contributed by atoms with Crippen molar-refractivity contribution < 1.29 is 14.7 Å². The first-order valence-corrected chi connectivity index (χ1v) is 12.8. The van der Waals surface area contributed by atoms with Gasteiger partial charge >= 0.3 is 0 Å². The van der Waals surface area contributed by atoms with E-state index in [2.05, 4.69) is 29.1 Å². The lowest BCUT2D eigenvalue weighted by Gasteiger charge is -2.33. The number of nitrogens with zero attached hydrogens (tertiary/aromatic N) is 4. The first kappa shape index (κ1) is 24.6. The summed E-state index contributed by atoms with van der Waals surface area (Å²) in [6.45, 7) is 9.50. The number of amides is 2. The van der Waals surface area contributed by atoms with E-state index in [1.807, 2.05) is 17.9 Å². The summed E-state index contributed by atoms with van der Waals surface area (Å²) in [6.07, 6.45) is 5.89. The van der Waals surface area contributed by atoms with Crippen molar-refractivity contribution >= 4 is 29.0 Å². The van der Waals surface area contributed by atoms with Gasteiger partial charge in [0.15, 0.2) is 5.01 Å². The lowest BCUT2D eigenvalue weighted by atomic mass is 10.0. The SMILES string of the molecule is Cc1cc(NC(C)C)ncc1-c1sc(C(=O)N(C)C(C)(C)CO)nc1C(=O)N1C2CCC1CC2. The number of pyridine rings is 1. The maximum absolute atomic E-state index is 13.8. The molecule has 9 heteroatoms. The van der Waals surface area contributed by atoms with Gasteiger partial charge in [-0.25, -0.2) is 9.97 Å². The molecule has 2 fully saturated rings. The highest BCUT2D eigenvalue weighted by Gasteiger charge is 2.44. The minimum Gasteiger partial charge on any atom is -0.394 e. The number of aromatic nitrogens is 2. The van der Waals surface area contributed by atoms with Crippen LogP contribution in [0.3, 0.4) is 0 Å². The summed E-state index contributed by atoms with van der Waals surface area (Å²) in [5.74, 6) is 0.368. The van der Waals surface area contributed by atoms with Crippen molar-refractivity contribution in [2.24, 2.45) is 0 Å². The lowest BCUT2D eigenvalue weighted by molar-refractivity contribution is 0.0472. The summed E-state index contributed by atoms with van der Waals surface area (Å²) in [4.78, 5) is 40.4. The zero-order valence-corrected chi connectivity index (χ0v) is 21.7. The van der Waals surface area contributed by atoms with E-state index in [0.717, 1.165) is 42.6 Å². The van der Waals surface area contributed by atoms with Crippen LogP contribution in [0.1, 0.15) is 79.2 Å². The molecule has 4 heterocycles. The molecule has 2 bridgehead atoms. The van der Waals surface area contributed by atoms with Gasteiger partial charge in [-0.05, 0) is 71.9 Å². The molecule has 4 rings (SSSR count). The van der Waals surface area contributed by atoms with Gasteiger partial charge in [0.05, 0.1) is 17.0 Å². The van der Waals surface area contributed by atoms with Crippen LogP contribution >= 0.6 is 11.3 Å². The Morgan fingerprint density at radius 1 is 1.26 bits per heavy atom. The lowest BCUT2D eigenvalue weighted by Crippen LogP contribution is -2.47. The van der Waals surface area contributed by atoms with Crippen LogP contribution in [0.15, 0.2) is 12.3 Å². The van der Waals surface area contributed by atoms with Gasteiger partial charge in [0.2, 0.25) is 0 Å². The van der Waals surface area contributed by atoms with E-state index in [4.69, 9.17) is 0 Å². The van der Waals surface area contributed by atoms with Crippen LogP contribution in [0.5, 0.6) is 0 Å². The molecule has 2 amide bonds. The van der Waals surface area contributed by atoms with Gasteiger partial charge in [0, 0.05) is 36.9 Å². The average Bonchev–Trinajstić information content (AvgIpc) is 3.52. The summed E-state index contributed by atoms with van der Waals surface area (Å²) < 4.78 is 0. The molecule has 184 valence electrons. The number of fused-ring (bicyclic) bond motifs is 2. The van der Waals surface area contributed by atoms with Crippen LogP contribution in [0, 0.1) is 6.92 Å². The molecule has 8 nitrogen and oxygen atoms in total. The molecular formula is C25H35N5O3S. The molecule has 2 aromatic rings. The minimum atomic E-state index is -0.747. The first-order chi connectivity index (χ1) is 16.0. The monoisotopic (exact) mass is 485 g/mol. The largest absolute Gasteiger partial charge is 0.394 e. The van der Waals surface area contributed by atoms with E-state index in [9.17, 15) is 14.7 Å². The Balaban J connectivity index is 1.77. The maximum atomic E-state index is 13.8. The summed E-state index contributed by atoms with van der Waals surface area (Å²) in [5.41, 5.74) is 1.35. The third kappa shape index (κ3) is 4.43.